The molecule has 0 atom stereocenters. The third-order valence-corrected chi connectivity index (χ3v) is 2.88. The summed E-state index contributed by atoms with van der Waals surface area (Å²) in [5, 5.41) is 3.26. The van der Waals surface area contributed by atoms with Gasteiger partial charge in [-0.1, -0.05) is 42.8 Å². The van der Waals surface area contributed by atoms with Crippen molar-refractivity contribution in [3.8, 4) is 0 Å². The van der Waals surface area contributed by atoms with E-state index in [-0.39, 0.29) is 5.82 Å². The molecule has 1 nitrogen and oxygen atoms in total. The second kappa shape index (κ2) is 5.78. The molecule has 0 spiro atoms. The maximum absolute atomic E-state index is 13.4. The smallest absolute Gasteiger partial charge is 0.128 e. The highest BCUT2D eigenvalue weighted by Crippen LogP contribution is 2.18. The van der Waals surface area contributed by atoms with Crippen molar-refractivity contribution in [1.82, 2.24) is 5.32 Å². The van der Waals surface area contributed by atoms with E-state index in [0.29, 0.717) is 12.0 Å². The van der Waals surface area contributed by atoms with Gasteiger partial charge in [0.25, 0.3) is 0 Å². The van der Waals surface area contributed by atoms with Gasteiger partial charge in [-0.05, 0) is 30.5 Å². The van der Waals surface area contributed by atoms with Gasteiger partial charge >= 0.3 is 0 Å². The molecule has 1 aromatic rings. The third kappa shape index (κ3) is 5.08. The summed E-state index contributed by atoms with van der Waals surface area (Å²) in [6.45, 7) is 8.12. The fraction of sp³-hybridized carbons (Fsp3) is 0.538. The van der Waals surface area contributed by atoms with Crippen molar-refractivity contribution in [2.24, 2.45) is 5.41 Å². The Hall–Kier alpha value is -0.410. The molecule has 16 heavy (non-hydrogen) atoms. The van der Waals surface area contributed by atoms with Crippen molar-refractivity contribution >= 4 is 15.9 Å². The number of nitrogens with one attached hydrogen (secondary N) is 1. The zero-order valence-corrected chi connectivity index (χ0v) is 11.7. The monoisotopic (exact) mass is 287 g/mol. The van der Waals surface area contributed by atoms with Gasteiger partial charge in [0.1, 0.15) is 5.82 Å². The van der Waals surface area contributed by atoms with Gasteiger partial charge in [0.05, 0.1) is 0 Å². The molecule has 1 aromatic carbocycles. The summed E-state index contributed by atoms with van der Waals surface area (Å²) in [7, 11) is 0. The van der Waals surface area contributed by atoms with E-state index in [2.05, 4.69) is 42.0 Å². The first kappa shape index (κ1) is 13.7. The van der Waals surface area contributed by atoms with Crippen molar-refractivity contribution in [3.63, 3.8) is 0 Å². The first-order chi connectivity index (χ1) is 7.38. The van der Waals surface area contributed by atoms with Crippen LogP contribution in [0.3, 0.4) is 0 Å². The van der Waals surface area contributed by atoms with Crippen molar-refractivity contribution in [3.05, 3.63) is 34.1 Å². The summed E-state index contributed by atoms with van der Waals surface area (Å²) in [5.74, 6) is -0.155. The van der Waals surface area contributed by atoms with Crippen LogP contribution in [0.25, 0.3) is 0 Å². The number of rotatable bonds is 4. The van der Waals surface area contributed by atoms with Crippen molar-refractivity contribution < 1.29 is 4.39 Å². The zero-order valence-electron chi connectivity index (χ0n) is 10.1. The van der Waals surface area contributed by atoms with Crippen LogP contribution in [0.2, 0.25) is 0 Å². The van der Waals surface area contributed by atoms with Crippen LogP contribution in [0.1, 0.15) is 32.8 Å². The summed E-state index contributed by atoms with van der Waals surface area (Å²) in [6, 6.07) is 5.17. The average molecular weight is 288 g/mol. The molecular formula is C13H19BrFN. The van der Waals surface area contributed by atoms with E-state index >= 15 is 0 Å². The van der Waals surface area contributed by atoms with Crippen LogP contribution in [-0.4, -0.2) is 6.54 Å². The average Bonchev–Trinajstić information content (AvgIpc) is 2.13. The first-order valence-electron chi connectivity index (χ1n) is 5.53. The van der Waals surface area contributed by atoms with E-state index in [1.54, 1.807) is 0 Å². The van der Waals surface area contributed by atoms with Crippen LogP contribution in [0, 0.1) is 11.2 Å². The van der Waals surface area contributed by atoms with Crippen molar-refractivity contribution in [1.29, 1.82) is 0 Å². The normalized spacial score (nSPS) is 11.8. The van der Waals surface area contributed by atoms with E-state index in [9.17, 15) is 4.39 Å². The van der Waals surface area contributed by atoms with Gasteiger partial charge in [-0.3, -0.25) is 0 Å². The van der Waals surface area contributed by atoms with E-state index in [1.807, 2.05) is 12.1 Å². The molecule has 3 heteroatoms. The van der Waals surface area contributed by atoms with Gasteiger partial charge in [-0.25, -0.2) is 4.39 Å². The molecule has 1 rings (SSSR count). The van der Waals surface area contributed by atoms with Crippen LogP contribution in [0.4, 0.5) is 4.39 Å². The molecule has 0 aromatic heterocycles. The summed E-state index contributed by atoms with van der Waals surface area (Å²) in [6.07, 6.45) is 1.09. The predicted octanol–water partition coefficient (Wildman–Crippen LogP) is 4.11. The molecular weight excluding hydrogens is 269 g/mol. The Kier molecular flexibility index (Phi) is 4.93. The Labute approximate surface area is 106 Å². The van der Waals surface area contributed by atoms with Crippen LogP contribution in [0.5, 0.6) is 0 Å². The summed E-state index contributed by atoms with van der Waals surface area (Å²) in [4.78, 5) is 0. The van der Waals surface area contributed by atoms with Crippen LogP contribution >= 0.6 is 15.9 Å². The highest BCUT2D eigenvalue weighted by atomic mass is 79.9. The lowest BCUT2D eigenvalue weighted by Crippen LogP contribution is -2.20. The highest BCUT2D eigenvalue weighted by molar-refractivity contribution is 9.10. The molecule has 0 heterocycles. The largest absolute Gasteiger partial charge is 0.313 e. The first-order valence-corrected chi connectivity index (χ1v) is 6.32. The van der Waals surface area contributed by atoms with E-state index in [0.717, 1.165) is 23.0 Å². The lowest BCUT2D eigenvalue weighted by molar-refractivity contribution is 0.366. The second-order valence-corrected chi connectivity index (χ2v) is 6.14. The van der Waals surface area contributed by atoms with E-state index in [1.165, 1.54) is 6.07 Å². The fourth-order valence-electron chi connectivity index (χ4n) is 1.35. The standard InChI is InChI=1S/C13H19BrFN/c1-13(2,3)6-7-16-9-10-4-5-11(14)8-12(10)15/h4-5,8,16H,6-7,9H2,1-3H3. The Bertz CT molecular complexity index is 344. The molecule has 0 fully saturated rings. The van der Waals surface area contributed by atoms with E-state index in [4.69, 9.17) is 0 Å². The zero-order chi connectivity index (χ0) is 12.2. The summed E-state index contributed by atoms with van der Waals surface area (Å²) >= 11 is 3.24. The molecule has 0 aliphatic heterocycles. The summed E-state index contributed by atoms with van der Waals surface area (Å²) in [5.41, 5.74) is 1.04. The third-order valence-electron chi connectivity index (χ3n) is 2.38. The second-order valence-electron chi connectivity index (χ2n) is 5.22. The molecule has 0 radical (unpaired) electrons. The number of hydrogen-bond acceptors (Lipinski definition) is 1. The predicted molar refractivity (Wildman–Crippen MR) is 69.9 cm³/mol. The molecule has 0 aliphatic carbocycles. The Morgan fingerprint density at radius 3 is 2.56 bits per heavy atom. The Morgan fingerprint density at radius 1 is 1.31 bits per heavy atom. The topological polar surface area (TPSA) is 12.0 Å². The molecule has 1 N–H and O–H groups in total. The van der Waals surface area contributed by atoms with Gasteiger partial charge in [-0.15, -0.1) is 0 Å². The lowest BCUT2D eigenvalue weighted by atomic mass is 9.92. The lowest BCUT2D eigenvalue weighted by Gasteiger charge is -2.18. The van der Waals surface area contributed by atoms with Gasteiger partial charge in [0, 0.05) is 16.6 Å². The number of benzene rings is 1. The molecule has 0 amide bonds. The maximum atomic E-state index is 13.4. The van der Waals surface area contributed by atoms with Gasteiger partial charge in [-0.2, -0.15) is 0 Å². The fourth-order valence-corrected chi connectivity index (χ4v) is 1.68. The van der Waals surface area contributed by atoms with Crippen molar-refractivity contribution in [2.45, 2.75) is 33.7 Å². The van der Waals surface area contributed by atoms with Gasteiger partial charge < -0.3 is 5.32 Å². The molecule has 0 bridgehead atoms. The van der Waals surface area contributed by atoms with Gasteiger partial charge in [0.15, 0.2) is 0 Å². The molecule has 90 valence electrons. The minimum absolute atomic E-state index is 0.155. The van der Waals surface area contributed by atoms with Gasteiger partial charge in [0.2, 0.25) is 0 Å². The maximum Gasteiger partial charge on any atom is 0.128 e. The Balaban J connectivity index is 2.38. The number of hydrogen-bond donors (Lipinski definition) is 1. The number of halogens is 2. The van der Waals surface area contributed by atoms with Crippen LogP contribution in [-0.2, 0) is 6.54 Å². The molecule has 0 saturated carbocycles. The summed E-state index contributed by atoms with van der Waals surface area (Å²) < 4.78 is 14.2. The minimum Gasteiger partial charge on any atom is -0.313 e. The van der Waals surface area contributed by atoms with Crippen molar-refractivity contribution in [2.75, 3.05) is 6.54 Å². The van der Waals surface area contributed by atoms with Crippen LogP contribution in [0.15, 0.2) is 22.7 Å². The minimum atomic E-state index is -0.155. The Morgan fingerprint density at radius 2 is 2.00 bits per heavy atom. The molecule has 0 unspecified atom stereocenters. The quantitative estimate of drug-likeness (QED) is 0.822. The molecule has 0 aliphatic rings. The highest BCUT2D eigenvalue weighted by Gasteiger charge is 2.09. The SMILES string of the molecule is CC(C)(C)CCNCc1ccc(Br)cc1F. The van der Waals surface area contributed by atoms with Crippen LogP contribution < -0.4 is 5.32 Å². The molecule has 0 saturated heterocycles. The van der Waals surface area contributed by atoms with E-state index < -0.39 is 0 Å².